The van der Waals surface area contributed by atoms with Crippen molar-refractivity contribution in [3.05, 3.63) is 66.4 Å². The lowest BCUT2D eigenvalue weighted by Crippen LogP contribution is -2.48. The molecule has 0 radical (unpaired) electrons. The number of hydrogen-bond donors (Lipinski definition) is 2. The summed E-state index contributed by atoms with van der Waals surface area (Å²) >= 11 is 0. The SMILES string of the molecule is CC(=O)Nc1ccc(CN2CC[C@@H](Oc3ccc4cccnc4c3)[C@H](O)C2)cc1. The molecule has 0 bridgehead atoms. The normalized spacial score (nSPS) is 19.8. The number of carbonyl (C=O) groups is 1. The Morgan fingerprint density at radius 2 is 2.07 bits per heavy atom. The van der Waals surface area contributed by atoms with Gasteiger partial charge >= 0.3 is 0 Å². The summed E-state index contributed by atoms with van der Waals surface area (Å²) in [6.45, 7) is 3.66. The number of rotatable bonds is 5. The van der Waals surface area contributed by atoms with Crippen LogP contribution in [0.15, 0.2) is 60.8 Å². The standard InChI is InChI=1S/C23H25N3O3/c1-16(27)25-19-7-4-17(5-8-19)14-26-12-10-23(22(28)15-26)29-20-9-6-18-3-2-11-24-21(18)13-20/h2-9,11,13,22-23,28H,10,12,14-15H2,1H3,(H,25,27)/t22-,23-/m1/s1. The van der Waals surface area contributed by atoms with Gasteiger partial charge in [-0.25, -0.2) is 0 Å². The van der Waals surface area contributed by atoms with Gasteiger partial charge in [-0.1, -0.05) is 18.2 Å². The molecule has 150 valence electrons. The molecule has 0 spiro atoms. The fraction of sp³-hybridized carbons (Fsp3) is 0.304. The number of anilines is 1. The van der Waals surface area contributed by atoms with Gasteiger partial charge < -0.3 is 15.2 Å². The number of carbonyl (C=O) groups excluding carboxylic acids is 1. The smallest absolute Gasteiger partial charge is 0.221 e. The number of piperidine rings is 1. The number of ether oxygens (including phenoxy) is 1. The van der Waals surface area contributed by atoms with E-state index in [1.165, 1.54) is 6.92 Å². The average Bonchev–Trinajstić information content (AvgIpc) is 2.71. The van der Waals surface area contributed by atoms with Crippen molar-refractivity contribution in [2.45, 2.75) is 32.1 Å². The van der Waals surface area contributed by atoms with Crippen LogP contribution in [0.3, 0.4) is 0 Å². The molecular weight excluding hydrogens is 366 g/mol. The zero-order chi connectivity index (χ0) is 20.2. The van der Waals surface area contributed by atoms with Gasteiger partial charge in [0, 0.05) is 49.9 Å². The maximum absolute atomic E-state index is 11.1. The van der Waals surface area contributed by atoms with Crippen molar-refractivity contribution in [3.8, 4) is 5.75 Å². The van der Waals surface area contributed by atoms with E-state index in [1.807, 2.05) is 54.6 Å². The molecular formula is C23H25N3O3. The summed E-state index contributed by atoms with van der Waals surface area (Å²) in [5, 5.41) is 14.4. The lowest BCUT2D eigenvalue weighted by molar-refractivity contribution is -0.114. The van der Waals surface area contributed by atoms with Crippen molar-refractivity contribution < 1.29 is 14.6 Å². The van der Waals surface area contributed by atoms with Crippen molar-refractivity contribution in [2.24, 2.45) is 0 Å². The summed E-state index contributed by atoms with van der Waals surface area (Å²) in [5.41, 5.74) is 2.82. The van der Waals surface area contributed by atoms with Gasteiger partial charge in [-0.2, -0.15) is 0 Å². The maximum Gasteiger partial charge on any atom is 0.221 e. The van der Waals surface area contributed by atoms with Crippen molar-refractivity contribution in [3.63, 3.8) is 0 Å². The van der Waals surface area contributed by atoms with Gasteiger partial charge in [0.25, 0.3) is 0 Å². The van der Waals surface area contributed by atoms with Gasteiger partial charge in [0.05, 0.1) is 5.52 Å². The second-order valence-electron chi connectivity index (χ2n) is 7.48. The van der Waals surface area contributed by atoms with E-state index in [0.717, 1.165) is 47.4 Å². The highest BCUT2D eigenvalue weighted by atomic mass is 16.5. The van der Waals surface area contributed by atoms with Crippen LogP contribution < -0.4 is 10.1 Å². The van der Waals surface area contributed by atoms with Crippen LogP contribution in [0.4, 0.5) is 5.69 Å². The van der Waals surface area contributed by atoms with E-state index in [4.69, 9.17) is 4.74 Å². The number of β-amino-alcohol motifs (C(OH)–C–C–N with tert-alkyl or cyclic N) is 1. The third kappa shape index (κ3) is 4.91. The Morgan fingerprint density at radius 3 is 2.83 bits per heavy atom. The summed E-state index contributed by atoms with van der Waals surface area (Å²) in [7, 11) is 0. The van der Waals surface area contributed by atoms with Crippen molar-refractivity contribution in [1.29, 1.82) is 0 Å². The molecule has 2 atom stereocenters. The van der Waals surface area contributed by atoms with E-state index in [1.54, 1.807) is 6.20 Å². The summed E-state index contributed by atoms with van der Waals surface area (Å²) < 4.78 is 6.07. The van der Waals surface area contributed by atoms with Gasteiger partial charge in [0.2, 0.25) is 5.91 Å². The zero-order valence-electron chi connectivity index (χ0n) is 16.4. The van der Waals surface area contributed by atoms with Gasteiger partial charge in [0.1, 0.15) is 18.0 Å². The molecule has 1 amide bonds. The van der Waals surface area contributed by atoms with Crippen LogP contribution >= 0.6 is 0 Å². The molecule has 4 rings (SSSR count). The largest absolute Gasteiger partial charge is 0.488 e. The molecule has 3 aromatic rings. The molecule has 0 unspecified atom stereocenters. The van der Waals surface area contributed by atoms with Crippen LogP contribution in [0.5, 0.6) is 5.75 Å². The Balaban J connectivity index is 1.33. The summed E-state index contributed by atoms with van der Waals surface area (Å²) in [5.74, 6) is 0.660. The van der Waals surface area contributed by atoms with Gasteiger partial charge in [-0.15, -0.1) is 0 Å². The highest BCUT2D eigenvalue weighted by Gasteiger charge is 2.29. The van der Waals surface area contributed by atoms with E-state index >= 15 is 0 Å². The Labute approximate surface area is 170 Å². The van der Waals surface area contributed by atoms with E-state index in [0.29, 0.717) is 6.54 Å². The fourth-order valence-electron chi connectivity index (χ4n) is 3.71. The molecule has 1 aliphatic rings. The third-order valence-electron chi connectivity index (χ3n) is 5.15. The minimum atomic E-state index is -0.554. The Bertz CT molecular complexity index is 990. The first kappa shape index (κ1) is 19.4. The number of hydrogen-bond acceptors (Lipinski definition) is 5. The molecule has 0 saturated carbocycles. The summed E-state index contributed by atoms with van der Waals surface area (Å²) in [6, 6.07) is 17.6. The topological polar surface area (TPSA) is 74.7 Å². The first-order valence-electron chi connectivity index (χ1n) is 9.85. The van der Waals surface area contributed by atoms with E-state index in [9.17, 15) is 9.90 Å². The summed E-state index contributed by atoms with van der Waals surface area (Å²) in [4.78, 5) is 17.7. The first-order chi connectivity index (χ1) is 14.1. The van der Waals surface area contributed by atoms with Gasteiger partial charge in [0.15, 0.2) is 0 Å². The predicted molar refractivity (Wildman–Crippen MR) is 113 cm³/mol. The molecule has 0 aliphatic carbocycles. The lowest BCUT2D eigenvalue weighted by Gasteiger charge is -2.36. The number of aliphatic hydroxyl groups is 1. The minimum absolute atomic E-state index is 0.0786. The van der Waals surface area contributed by atoms with Crippen LogP contribution in [0.25, 0.3) is 10.9 Å². The maximum atomic E-state index is 11.1. The highest BCUT2D eigenvalue weighted by molar-refractivity contribution is 5.88. The Morgan fingerprint density at radius 1 is 1.24 bits per heavy atom. The molecule has 2 N–H and O–H groups in total. The molecule has 1 aromatic heterocycles. The zero-order valence-corrected chi connectivity index (χ0v) is 16.4. The minimum Gasteiger partial charge on any atom is -0.488 e. The van der Waals surface area contributed by atoms with Gasteiger partial charge in [-0.3, -0.25) is 14.7 Å². The number of amides is 1. The number of fused-ring (bicyclic) bond motifs is 1. The summed E-state index contributed by atoms with van der Waals surface area (Å²) in [6.07, 6.45) is 1.74. The number of nitrogens with one attached hydrogen (secondary N) is 1. The molecule has 1 saturated heterocycles. The van der Waals surface area contributed by atoms with E-state index in [-0.39, 0.29) is 12.0 Å². The second-order valence-corrected chi connectivity index (χ2v) is 7.48. The van der Waals surface area contributed by atoms with Crippen LogP contribution in [-0.4, -0.2) is 46.2 Å². The van der Waals surface area contributed by atoms with E-state index in [2.05, 4.69) is 15.2 Å². The molecule has 6 nitrogen and oxygen atoms in total. The Hall–Kier alpha value is -2.96. The monoisotopic (exact) mass is 391 g/mol. The third-order valence-corrected chi connectivity index (χ3v) is 5.15. The molecule has 1 aliphatic heterocycles. The van der Waals surface area contributed by atoms with Gasteiger partial charge in [-0.05, 0) is 42.3 Å². The number of aromatic nitrogens is 1. The number of nitrogens with zero attached hydrogens (tertiary/aromatic N) is 2. The Kier molecular flexibility index (Phi) is 5.74. The van der Waals surface area contributed by atoms with Crippen LogP contribution in [-0.2, 0) is 11.3 Å². The van der Waals surface area contributed by atoms with Crippen molar-refractivity contribution in [2.75, 3.05) is 18.4 Å². The lowest BCUT2D eigenvalue weighted by atomic mass is 10.0. The second kappa shape index (κ2) is 8.59. The number of benzene rings is 2. The predicted octanol–water partition coefficient (Wildman–Crippen LogP) is 3.21. The highest BCUT2D eigenvalue weighted by Crippen LogP contribution is 2.24. The average molecular weight is 391 g/mol. The van der Waals surface area contributed by atoms with Crippen LogP contribution in [0.1, 0.15) is 18.9 Å². The number of aliphatic hydroxyl groups excluding tert-OH is 1. The van der Waals surface area contributed by atoms with Crippen LogP contribution in [0, 0.1) is 0 Å². The van der Waals surface area contributed by atoms with Crippen molar-refractivity contribution in [1.82, 2.24) is 9.88 Å². The molecule has 29 heavy (non-hydrogen) atoms. The first-order valence-corrected chi connectivity index (χ1v) is 9.85. The quantitative estimate of drug-likeness (QED) is 0.699. The molecule has 2 heterocycles. The number of pyridine rings is 1. The van der Waals surface area contributed by atoms with E-state index < -0.39 is 6.10 Å². The number of likely N-dealkylation sites (tertiary alicyclic amines) is 1. The molecule has 2 aromatic carbocycles. The van der Waals surface area contributed by atoms with Crippen molar-refractivity contribution >= 4 is 22.5 Å². The van der Waals surface area contributed by atoms with Crippen LogP contribution in [0.2, 0.25) is 0 Å². The molecule has 6 heteroatoms. The fourth-order valence-corrected chi connectivity index (χ4v) is 3.71. The molecule has 1 fully saturated rings.